The second-order valence-electron chi connectivity index (χ2n) is 3.17. The molecular weight excluding hydrogens is 190 g/mol. The maximum atomic E-state index is 9.48. The van der Waals surface area contributed by atoms with Gasteiger partial charge in [0.15, 0.2) is 0 Å². The van der Waals surface area contributed by atoms with Crippen LogP contribution in [0.4, 0.5) is 0 Å². The van der Waals surface area contributed by atoms with Crippen LogP contribution >= 0.6 is 11.6 Å². The molecule has 1 aliphatic carbocycles. The molecule has 2 rings (SSSR count). The molecule has 0 fully saturated rings. The van der Waals surface area contributed by atoms with E-state index in [0.717, 1.165) is 41.7 Å². The van der Waals surface area contributed by atoms with E-state index in [-0.39, 0.29) is 5.62 Å². The monoisotopic (exact) mass is 199 g/mol. The van der Waals surface area contributed by atoms with Gasteiger partial charge in [-0.25, -0.2) is 0 Å². The lowest BCUT2D eigenvalue weighted by Crippen LogP contribution is -2.28. The number of hydrogen-bond donors (Lipinski definition) is 2. The van der Waals surface area contributed by atoms with Crippen LogP contribution in [0.1, 0.15) is 24.1 Å². The number of rotatable bonds is 0. The van der Waals surface area contributed by atoms with Crippen molar-refractivity contribution in [1.29, 1.82) is 5.41 Å². The predicted molar refractivity (Wildman–Crippen MR) is 46.9 cm³/mol. The highest BCUT2D eigenvalue weighted by Crippen LogP contribution is 2.23. The van der Waals surface area contributed by atoms with E-state index in [0.29, 0.717) is 5.15 Å². The SMILES string of the molecule is N=c1nc(Cl)c2c(n1O)CCCC2. The van der Waals surface area contributed by atoms with E-state index in [4.69, 9.17) is 17.0 Å². The molecule has 1 aliphatic rings. The van der Waals surface area contributed by atoms with E-state index >= 15 is 0 Å². The molecule has 0 unspecified atom stereocenters. The Morgan fingerprint density at radius 1 is 1.38 bits per heavy atom. The molecule has 70 valence electrons. The molecule has 4 nitrogen and oxygen atoms in total. The average Bonchev–Trinajstić information content (AvgIpc) is 2.15. The first-order valence-corrected chi connectivity index (χ1v) is 4.62. The molecule has 1 aromatic heterocycles. The fourth-order valence-corrected chi connectivity index (χ4v) is 1.96. The van der Waals surface area contributed by atoms with Gasteiger partial charge in [-0.1, -0.05) is 11.6 Å². The Labute approximate surface area is 80.3 Å². The van der Waals surface area contributed by atoms with E-state index < -0.39 is 0 Å². The number of nitrogens with zero attached hydrogens (tertiary/aromatic N) is 2. The van der Waals surface area contributed by atoms with Gasteiger partial charge in [-0.2, -0.15) is 9.71 Å². The average molecular weight is 200 g/mol. The second kappa shape index (κ2) is 3.03. The van der Waals surface area contributed by atoms with Crippen LogP contribution in [0.5, 0.6) is 0 Å². The van der Waals surface area contributed by atoms with Gasteiger partial charge < -0.3 is 5.21 Å². The third-order valence-corrected chi connectivity index (χ3v) is 2.66. The molecule has 0 aromatic carbocycles. The normalized spacial score (nSPS) is 15.5. The Morgan fingerprint density at radius 2 is 2.08 bits per heavy atom. The van der Waals surface area contributed by atoms with Crippen LogP contribution in [0, 0.1) is 5.41 Å². The molecule has 13 heavy (non-hydrogen) atoms. The van der Waals surface area contributed by atoms with Crippen molar-refractivity contribution in [3.05, 3.63) is 22.0 Å². The van der Waals surface area contributed by atoms with Gasteiger partial charge in [0.05, 0.1) is 5.69 Å². The van der Waals surface area contributed by atoms with Gasteiger partial charge in [0.25, 0.3) is 5.62 Å². The highest BCUT2D eigenvalue weighted by Gasteiger charge is 2.17. The summed E-state index contributed by atoms with van der Waals surface area (Å²) < 4.78 is 0.834. The summed E-state index contributed by atoms with van der Waals surface area (Å²) in [6.45, 7) is 0. The summed E-state index contributed by atoms with van der Waals surface area (Å²) in [6.07, 6.45) is 3.74. The van der Waals surface area contributed by atoms with E-state index in [2.05, 4.69) is 4.98 Å². The zero-order chi connectivity index (χ0) is 9.42. The third kappa shape index (κ3) is 1.31. The van der Waals surface area contributed by atoms with Crippen LogP contribution in [0.3, 0.4) is 0 Å². The third-order valence-electron chi connectivity index (χ3n) is 2.35. The largest absolute Gasteiger partial charge is 0.425 e. The fraction of sp³-hybridized carbons (Fsp3) is 0.500. The molecular formula is C8H10ClN3O. The summed E-state index contributed by atoms with van der Waals surface area (Å²) in [5.41, 5.74) is 1.45. The lowest BCUT2D eigenvalue weighted by atomic mass is 9.97. The molecule has 0 atom stereocenters. The van der Waals surface area contributed by atoms with E-state index in [9.17, 15) is 5.21 Å². The zero-order valence-corrected chi connectivity index (χ0v) is 7.80. The molecule has 0 saturated carbocycles. The smallest absolute Gasteiger partial charge is 0.257 e. The highest BCUT2D eigenvalue weighted by atomic mass is 35.5. The Balaban J connectivity index is 2.70. The maximum absolute atomic E-state index is 9.48. The molecule has 0 bridgehead atoms. The van der Waals surface area contributed by atoms with Crippen LogP contribution in [0.25, 0.3) is 0 Å². The highest BCUT2D eigenvalue weighted by molar-refractivity contribution is 6.30. The first-order chi connectivity index (χ1) is 6.20. The van der Waals surface area contributed by atoms with Crippen molar-refractivity contribution in [3.63, 3.8) is 0 Å². The number of fused-ring (bicyclic) bond motifs is 1. The fourth-order valence-electron chi connectivity index (χ4n) is 1.68. The van der Waals surface area contributed by atoms with Crippen molar-refractivity contribution in [2.24, 2.45) is 0 Å². The Hall–Kier alpha value is -1.03. The molecule has 0 radical (unpaired) electrons. The topological polar surface area (TPSA) is 61.9 Å². The van der Waals surface area contributed by atoms with E-state index in [1.54, 1.807) is 0 Å². The molecule has 0 aliphatic heterocycles. The lowest BCUT2D eigenvalue weighted by molar-refractivity contribution is 0.152. The summed E-state index contributed by atoms with van der Waals surface area (Å²) in [5, 5.41) is 17.2. The molecule has 1 heterocycles. The molecule has 1 aromatic rings. The van der Waals surface area contributed by atoms with Crippen LogP contribution < -0.4 is 5.62 Å². The lowest BCUT2D eigenvalue weighted by Gasteiger charge is -2.17. The van der Waals surface area contributed by atoms with Crippen LogP contribution in [0.2, 0.25) is 5.15 Å². The van der Waals surface area contributed by atoms with Crippen molar-refractivity contribution in [1.82, 2.24) is 9.71 Å². The minimum absolute atomic E-state index is 0.189. The molecule has 0 spiro atoms. The minimum atomic E-state index is -0.189. The summed E-state index contributed by atoms with van der Waals surface area (Å²) in [4.78, 5) is 3.73. The van der Waals surface area contributed by atoms with Gasteiger partial charge in [0, 0.05) is 5.56 Å². The van der Waals surface area contributed by atoms with E-state index in [1.807, 2.05) is 0 Å². The number of halogens is 1. The molecule has 0 amide bonds. The number of aromatic nitrogens is 2. The molecule has 5 heteroatoms. The Morgan fingerprint density at radius 3 is 2.85 bits per heavy atom. The Kier molecular flexibility index (Phi) is 2.00. The second-order valence-corrected chi connectivity index (χ2v) is 3.53. The van der Waals surface area contributed by atoms with Gasteiger partial charge in [-0.15, -0.1) is 0 Å². The van der Waals surface area contributed by atoms with Gasteiger partial charge >= 0.3 is 0 Å². The van der Waals surface area contributed by atoms with Gasteiger partial charge in [-0.3, -0.25) is 5.41 Å². The summed E-state index contributed by atoms with van der Waals surface area (Å²) in [7, 11) is 0. The summed E-state index contributed by atoms with van der Waals surface area (Å²) >= 11 is 5.86. The number of hydrogen-bond acceptors (Lipinski definition) is 3. The van der Waals surface area contributed by atoms with Crippen LogP contribution in [-0.4, -0.2) is 14.9 Å². The standard InChI is InChI=1S/C8H10ClN3O/c9-7-5-3-1-2-4-6(5)12(13)8(10)11-7/h10,13H,1-4H2. The quantitative estimate of drug-likeness (QED) is 0.486. The first-order valence-electron chi connectivity index (χ1n) is 4.24. The maximum Gasteiger partial charge on any atom is 0.257 e. The molecule has 2 N–H and O–H groups in total. The van der Waals surface area contributed by atoms with Crippen molar-refractivity contribution < 1.29 is 5.21 Å². The van der Waals surface area contributed by atoms with Crippen molar-refractivity contribution in [2.75, 3.05) is 0 Å². The van der Waals surface area contributed by atoms with Crippen LogP contribution in [0.15, 0.2) is 0 Å². The minimum Gasteiger partial charge on any atom is -0.425 e. The molecule has 0 saturated heterocycles. The van der Waals surface area contributed by atoms with E-state index in [1.165, 1.54) is 0 Å². The van der Waals surface area contributed by atoms with Crippen LogP contribution in [-0.2, 0) is 12.8 Å². The van der Waals surface area contributed by atoms with Gasteiger partial charge in [0.2, 0.25) is 0 Å². The Bertz CT molecular complexity index is 399. The summed E-state index contributed by atoms with van der Waals surface area (Å²) in [6, 6.07) is 0. The van der Waals surface area contributed by atoms with Crippen molar-refractivity contribution >= 4 is 11.6 Å². The summed E-state index contributed by atoms with van der Waals surface area (Å²) in [5.74, 6) is 0. The number of nitrogens with one attached hydrogen (secondary N) is 1. The van der Waals surface area contributed by atoms with Gasteiger partial charge in [-0.05, 0) is 25.7 Å². The van der Waals surface area contributed by atoms with Crippen molar-refractivity contribution in [2.45, 2.75) is 25.7 Å². The first kappa shape index (κ1) is 8.56. The predicted octanol–water partition coefficient (Wildman–Crippen LogP) is 1.13. The van der Waals surface area contributed by atoms with Crippen molar-refractivity contribution in [3.8, 4) is 0 Å². The zero-order valence-electron chi connectivity index (χ0n) is 7.05. The van der Waals surface area contributed by atoms with Gasteiger partial charge in [0.1, 0.15) is 5.15 Å².